The Kier molecular flexibility index (Phi) is 17.1. The topological polar surface area (TPSA) is 14.7 Å². The maximum Gasteiger partial charge on any atom is 0.252 e. The molecular formula is C116H113BN4. The van der Waals surface area contributed by atoms with E-state index in [0.717, 1.165) is 123 Å². The number of para-hydroxylation sites is 3. The first-order valence-electron chi connectivity index (χ1n) is 49.3. The first-order valence-corrected chi connectivity index (χ1v) is 42.8. The number of aromatic nitrogens is 1. The van der Waals surface area contributed by atoms with Crippen molar-refractivity contribution in [2.75, 3.05) is 27.8 Å². The number of benzene rings is 15. The van der Waals surface area contributed by atoms with Crippen molar-refractivity contribution in [1.82, 2.24) is 4.57 Å². The van der Waals surface area contributed by atoms with Gasteiger partial charge in [-0.15, -0.1) is 0 Å². The van der Waals surface area contributed by atoms with Gasteiger partial charge < -0.3 is 19.3 Å². The molecule has 0 spiro atoms. The molecule has 2 aliphatic heterocycles. The molecule has 3 heterocycles. The summed E-state index contributed by atoms with van der Waals surface area (Å²) in [5.41, 5.74) is 30.2. The average Bonchev–Trinajstić information content (AvgIpc) is 1.41. The zero-order valence-corrected chi connectivity index (χ0v) is 72.4. The van der Waals surface area contributed by atoms with Crippen LogP contribution in [0.1, 0.15) is 172 Å². The van der Waals surface area contributed by atoms with Crippen molar-refractivity contribution in [3.8, 4) is 72.4 Å². The van der Waals surface area contributed by atoms with Crippen LogP contribution < -0.4 is 31.1 Å². The predicted molar refractivity (Wildman–Crippen MR) is 522 cm³/mol. The molecule has 5 heteroatoms. The number of hydrogen-bond donors (Lipinski definition) is 0. The smallest absolute Gasteiger partial charge is 0.252 e. The fourth-order valence-corrected chi connectivity index (χ4v) is 17.9. The number of fused-ring (bicyclic) bond motifs is 7. The lowest BCUT2D eigenvalue weighted by atomic mass is 9.33. The summed E-state index contributed by atoms with van der Waals surface area (Å²) in [5.74, 6) is 0. The van der Waals surface area contributed by atoms with Crippen molar-refractivity contribution in [2.24, 2.45) is 0 Å². The SMILES string of the molecule is [2H]c1c([2H])c([2H])c(N(CCc2cc3c4c(c2)N(Cc2c(-c5ccccc5)cc(C(C)(C)C)cc2-c2ccccc2)c2cc(-c5cc(C(C)(C)C)cc(C(C)(C)C)c5)ccc2B4c2ccc(-c4cc(C(C)(C)C)cc(C(C)(C)C)c4)cc2N3CCc2cc(-c3ccccc3)cc(-c3ccccc3)c2)Cc2ccc(-n3c4c([2H])c([2H])c([2H])c([2H])c4c4c([2H])c([2H])c([2H])c([2H])c43)cc2)c([2H])c1[2H]. The molecule has 0 fully saturated rings. The highest BCUT2D eigenvalue weighted by Gasteiger charge is 2.44. The maximum absolute atomic E-state index is 9.87. The van der Waals surface area contributed by atoms with E-state index in [1.807, 2.05) is 17.0 Å². The molecule has 0 amide bonds. The van der Waals surface area contributed by atoms with Gasteiger partial charge in [-0.3, -0.25) is 0 Å². The van der Waals surface area contributed by atoms with E-state index in [-0.39, 0.29) is 92.9 Å². The van der Waals surface area contributed by atoms with E-state index in [0.29, 0.717) is 30.8 Å². The molecule has 4 nitrogen and oxygen atoms in total. The fraction of sp³-hybridized carbons (Fsp3) is 0.224. The van der Waals surface area contributed by atoms with Gasteiger partial charge in [-0.2, -0.15) is 0 Å². The van der Waals surface area contributed by atoms with E-state index < -0.39 is 66.5 Å². The molecule has 121 heavy (non-hydrogen) atoms. The Bertz CT molecular complexity index is 7070. The van der Waals surface area contributed by atoms with E-state index in [1.54, 1.807) is 12.1 Å². The fourth-order valence-electron chi connectivity index (χ4n) is 17.9. The maximum atomic E-state index is 9.87. The number of nitrogens with zero attached hydrogens (tertiary/aromatic N) is 4. The molecule has 15 aromatic carbocycles. The Morgan fingerprint density at radius 1 is 0.314 bits per heavy atom. The first kappa shape index (κ1) is 65.4. The van der Waals surface area contributed by atoms with E-state index in [4.69, 9.17) is 6.85 Å². The molecule has 2 aliphatic rings. The van der Waals surface area contributed by atoms with Gasteiger partial charge in [-0.1, -0.05) is 377 Å². The second-order valence-electron chi connectivity index (χ2n) is 38.4. The Balaban J connectivity index is 0.906. The molecule has 0 unspecified atom stereocenters. The Labute approximate surface area is 738 Å². The van der Waals surface area contributed by atoms with Crippen molar-refractivity contribution in [2.45, 2.75) is 157 Å². The third-order valence-electron chi connectivity index (χ3n) is 24.8. The lowest BCUT2D eigenvalue weighted by Crippen LogP contribution is -2.62. The highest BCUT2D eigenvalue weighted by atomic mass is 15.2. The molecule has 1 aromatic heterocycles. The van der Waals surface area contributed by atoms with Crippen LogP contribution in [0, 0.1) is 0 Å². The standard InChI is InChI=1S/C116H113BN4/c1-112(2,3)91-66-89(67-92(72-91)113(4,5)6)85-51-55-103-107(70-85)119(60-58-79-61-87(81-35-21-16-22-36-81)65-88(62-79)82-37-23-17-24-38-82)109-63-80(57-59-118(96-43-29-20-30-44-96)76-78-49-53-97(54-50-78)121-105-47-33-31-45-98(105)99-46-32-34-48-106(99)121)64-110-111(109)117(103)104-56-52-86(90-68-93(114(7,8)9)73-94(69-90)115(10,11)12)71-108(104)120(110)77-102-100(83-39-25-18-26-40-83)74-95(116(13,14)15)75-101(102)84-41-27-19-28-42-84/h16-56,61-75H,57-60,76-77H2,1-15H3/i20D,29D,30D,31D,32D,33D,34D,43D,44D,45D,46D,47D,48D. The molecule has 0 bridgehead atoms. The summed E-state index contributed by atoms with van der Waals surface area (Å²) in [7, 11) is 0. The molecule has 0 aliphatic carbocycles. The summed E-state index contributed by atoms with van der Waals surface area (Å²) in [5, 5.41) is -0.0865. The van der Waals surface area contributed by atoms with Crippen LogP contribution in [0.25, 0.3) is 94.3 Å². The van der Waals surface area contributed by atoms with Gasteiger partial charge in [-0.25, -0.2) is 0 Å². The monoisotopic (exact) mass is 1590 g/mol. The van der Waals surface area contributed by atoms with Gasteiger partial charge in [-0.05, 0) is 240 Å². The van der Waals surface area contributed by atoms with Gasteiger partial charge in [0.1, 0.15) is 0 Å². The van der Waals surface area contributed by atoms with Crippen LogP contribution in [0.15, 0.2) is 339 Å². The number of anilines is 5. The summed E-state index contributed by atoms with van der Waals surface area (Å²) in [6, 6.07) is 89.4. The van der Waals surface area contributed by atoms with Crippen LogP contribution in [0.5, 0.6) is 0 Å². The quantitative estimate of drug-likeness (QED) is 0.0796. The van der Waals surface area contributed by atoms with Crippen molar-refractivity contribution in [3.05, 3.63) is 389 Å². The molecule has 0 saturated heterocycles. The van der Waals surface area contributed by atoms with Gasteiger partial charge in [0.05, 0.1) is 28.9 Å². The molecular weight excluding hydrogens is 1460 g/mol. The normalized spacial score (nSPS) is 14.4. The molecule has 0 radical (unpaired) electrons. The van der Waals surface area contributed by atoms with Crippen LogP contribution in [0.4, 0.5) is 28.4 Å². The largest absolute Gasteiger partial charge is 0.367 e. The Hall–Kier alpha value is -12.4. The van der Waals surface area contributed by atoms with Crippen molar-refractivity contribution in [3.63, 3.8) is 0 Å². The van der Waals surface area contributed by atoms with Gasteiger partial charge in [0.15, 0.2) is 0 Å². The summed E-state index contributed by atoms with van der Waals surface area (Å²) in [6.45, 7) is 35.1. The highest BCUT2D eigenvalue weighted by molar-refractivity contribution is 7.00. The van der Waals surface area contributed by atoms with Crippen LogP contribution in [0.3, 0.4) is 0 Å². The summed E-state index contributed by atoms with van der Waals surface area (Å²) in [4.78, 5) is 7.09. The Morgan fingerprint density at radius 2 is 0.711 bits per heavy atom. The predicted octanol–water partition coefficient (Wildman–Crippen LogP) is 28.4. The van der Waals surface area contributed by atoms with Crippen LogP contribution in [-0.4, -0.2) is 24.4 Å². The second kappa shape index (κ2) is 31.6. The number of hydrogen-bond acceptors (Lipinski definition) is 3. The third kappa shape index (κ3) is 16.0. The molecule has 16 aromatic rings. The minimum absolute atomic E-state index is 0.00323. The van der Waals surface area contributed by atoms with Gasteiger partial charge in [0.25, 0.3) is 6.71 Å². The summed E-state index contributed by atoms with van der Waals surface area (Å²) in [6.07, 6.45) is 0.905. The zero-order valence-electron chi connectivity index (χ0n) is 85.4. The van der Waals surface area contributed by atoms with Crippen molar-refractivity contribution >= 4 is 73.3 Å². The van der Waals surface area contributed by atoms with Crippen molar-refractivity contribution < 1.29 is 17.8 Å². The van der Waals surface area contributed by atoms with Crippen LogP contribution in [-0.2, 0) is 53.0 Å². The van der Waals surface area contributed by atoms with Crippen LogP contribution >= 0.6 is 0 Å². The van der Waals surface area contributed by atoms with Gasteiger partial charge >= 0.3 is 0 Å². The minimum atomic E-state index is -0.541. The van der Waals surface area contributed by atoms with Crippen molar-refractivity contribution in [1.29, 1.82) is 0 Å². The molecule has 600 valence electrons. The van der Waals surface area contributed by atoms with Gasteiger partial charge in [0.2, 0.25) is 0 Å². The van der Waals surface area contributed by atoms with E-state index in [2.05, 4.69) is 350 Å². The summed E-state index contributed by atoms with van der Waals surface area (Å²) >= 11 is 0. The van der Waals surface area contributed by atoms with Gasteiger partial charge in [0, 0.05) is 71.1 Å². The minimum Gasteiger partial charge on any atom is -0.367 e. The third-order valence-corrected chi connectivity index (χ3v) is 24.8. The van der Waals surface area contributed by atoms with E-state index in [9.17, 15) is 11.0 Å². The molecule has 18 rings (SSSR count). The second-order valence-corrected chi connectivity index (χ2v) is 38.4. The molecule has 0 saturated carbocycles. The number of rotatable bonds is 18. The summed E-state index contributed by atoms with van der Waals surface area (Å²) < 4.78 is 121. The Morgan fingerprint density at radius 3 is 1.17 bits per heavy atom. The molecule has 0 atom stereocenters. The van der Waals surface area contributed by atoms with E-state index in [1.165, 1.54) is 32.4 Å². The van der Waals surface area contributed by atoms with E-state index >= 15 is 0 Å². The highest BCUT2D eigenvalue weighted by Crippen LogP contribution is 2.48. The van der Waals surface area contributed by atoms with Crippen LogP contribution in [0.2, 0.25) is 0 Å². The lowest BCUT2D eigenvalue weighted by molar-refractivity contribution is 0.568. The average molecular weight is 1590 g/mol. The zero-order chi connectivity index (χ0) is 95.2. The lowest BCUT2D eigenvalue weighted by Gasteiger charge is -2.45. The first-order chi connectivity index (χ1) is 63.5. The molecule has 0 N–H and O–H groups in total.